The highest BCUT2D eigenvalue weighted by atomic mass is 19.1. The molecule has 2 aromatic rings. The number of hydrogen-bond acceptors (Lipinski definition) is 7. The Balaban J connectivity index is 1.65. The molecule has 0 amide bonds. The van der Waals surface area contributed by atoms with Crippen LogP contribution in [-0.4, -0.2) is 39.4 Å². The van der Waals surface area contributed by atoms with Crippen LogP contribution in [0.3, 0.4) is 0 Å². The lowest BCUT2D eigenvalue weighted by atomic mass is 9.85. The van der Waals surface area contributed by atoms with Crippen molar-refractivity contribution in [1.82, 2.24) is 9.97 Å². The second-order valence-electron chi connectivity index (χ2n) is 8.42. The first kappa shape index (κ1) is 22.0. The standard InChI is InChI=1S/C21H25F3N6O2/c1-10(2)26-20-25-9-16-18(29-20)30(13-5-3-11(4-6-13)19(31)32)21(27-16)28-17-14(23)7-12(22)8-15(17)24/h7-11,13,21,27-28H,3-6H2,1-2H3,(H,31,32)(H,25,26,29). The summed E-state index contributed by atoms with van der Waals surface area (Å²) in [6.45, 7) is 3.90. The predicted molar refractivity (Wildman–Crippen MR) is 114 cm³/mol. The van der Waals surface area contributed by atoms with Gasteiger partial charge in [0.05, 0.1) is 17.8 Å². The van der Waals surface area contributed by atoms with Gasteiger partial charge in [-0.25, -0.2) is 18.2 Å². The Hall–Kier alpha value is -3.24. The van der Waals surface area contributed by atoms with Crippen LogP contribution in [0.15, 0.2) is 18.3 Å². The van der Waals surface area contributed by atoms with Crippen LogP contribution in [0.4, 0.5) is 36.3 Å². The van der Waals surface area contributed by atoms with Crippen molar-refractivity contribution in [3.05, 3.63) is 35.8 Å². The van der Waals surface area contributed by atoms with Crippen molar-refractivity contribution >= 4 is 29.1 Å². The van der Waals surface area contributed by atoms with Crippen molar-refractivity contribution in [2.45, 2.75) is 57.9 Å². The Bertz CT molecular complexity index is 990. The minimum absolute atomic E-state index is 0.0956. The molecule has 0 saturated heterocycles. The molecule has 4 rings (SSSR count). The summed E-state index contributed by atoms with van der Waals surface area (Å²) < 4.78 is 42.0. The Morgan fingerprint density at radius 2 is 1.84 bits per heavy atom. The van der Waals surface area contributed by atoms with E-state index in [0.717, 1.165) is 0 Å². The number of aromatic nitrogens is 2. The minimum Gasteiger partial charge on any atom is -0.481 e. The molecule has 0 spiro atoms. The fourth-order valence-corrected chi connectivity index (χ4v) is 4.25. The molecule has 0 bridgehead atoms. The van der Waals surface area contributed by atoms with Gasteiger partial charge in [-0.05, 0) is 39.5 Å². The lowest BCUT2D eigenvalue weighted by Gasteiger charge is -2.38. The molecule has 1 aromatic carbocycles. The summed E-state index contributed by atoms with van der Waals surface area (Å²) in [5.41, 5.74) is 0.106. The van der Waals surface area contributed by atoms with Gasteiger partial charge >= 0.3 is 5.97 Å². The van der Waals surface area contributed by atoms with Crippen LogP contribution >= 0.6 is 0 Å². The molecule has 1 saturated carbocycles. The first-order valence-electron chi connectivity index (χ1n) is 10.5. The van der Waals surface area contributed by atoms with E-state index in [-0.39, 0.29) is 12.1 Å². The molecule has 8 nitrogen and oxygen atoms in total. The van der Waals surface area contributed by atoms with E-state index in [1.807, 2.05) is 18.7 Å². The van der Waals surface area contributed by atoms with Gasteiger partial charge in [-0.1, -0.05) is 0 Å². The Kier molecular flexibility index (Phi) is 5.98. The van der Waals surface area contributed by atoms with Gasteiger partial charge in [0, 0.05) is 24.2 Å². The summed E-state index contributed by atoms with van der Waals surface area (Å²) in [6, 6.07) is 1.20. The zero-order chi connectivity index (χ0) is 23.0. The van der Waals surface area contributed by atoms with Gasteiger partial charge in [-0.15, -0.1) is 0 Å². The highest BCUT2D eigenvalue weighted by Crippen LogP contribution is 2.40. The molecule has 4 N–H and O–H groups in total. The van der Waals surface area contributed by atoms with E-state index in [1.54, 1.807) is 6.20 Å². The largest absolute Gasteiger partial charge is 0.481 e. The third kappa shape index (κ3) is 4.37. The monoisotopic (exact) mass is 450 g/mol. The maximum Gasteiger partial charge on any atom is 0.306 e. The summed E-state index contributed by atoms with van der Waals surface area (Å²) >= 11 is 0. The van der Waals surface area contributed by atoms with Gasteiger partial charge in [-0.3, -0.25) is 4.79 Å². The van der Waals surface area contributed by atoms with E-state index in [0.29, 0.717) is 55.3 Å². The van der Waals surface area contributed by atoms with Gasteiger partial charge in [0.1, 0.15) is 11.5 Å². The maximum absolute atomic E-state index is 14.3. The van der Waals surface area contributed by atoms with Crippen LogP contribution in [0.5, 0.6) is 0 Å². The number of anilines is 4. The molecule has 1 unspecified atom stereocenters. The number of halogens is 3. The number of carboxylic acids is 1. The first-order chi connectivity index (χ1) is 15.2. The average Bonchev–Trinajstić information content (AvgIpc) is 3.07. The number of nitrogens with zero attached hydrogens (tertiary/aromatic N) is 3. The minimum atomic E-state index is -1.05. The molecular weight excluding hydrogens is 425 g/mol. The summed E-state index contributed by atoms with van der Waals surface area (Å²) in [4.78, 5) is 22.1. The molecule has 1 fully saturated rings. The normalized spacial score (nSPS) is 22.4. The molecular formula is C21H25F3N6O2. The lowest BCUT2D eigenvalue weighted by molar-refractivity contribution is -0.142. The van der Waals surface area contributed by atoms with E-state index in [9.17, 15) is 23.1 Å². The van der Waals surface area contributed by atoms with Gasteiger partial charge in [0.25, 0.3) is 0 Å². The second-order valence-corrected chi connectivity index (χ2v) is 8.42. The summed E-state index contributed by atoms with van der Waals surface area (Å²) in [5, 5.41) is 18.4. The zero-order valence-electron chi connectivity index (χ0n) is 17.7. The summed E-state index contributed by atoms with van der Waals surface area (Å²) in [5.74, 6) is -3.40. The quantitative estimate of drug-likeness (QED) is 0.524. The number of rotatable bonds is 6. The molecule has 1 aromatic heterocycles. The number of benzene rings is 1. The second kappa shape index (κ2) is 8.71. The van der Waals surface area contributed by atoms with Gasteiger partial charge in [-0.2, -0.15) is 4.98 Å². The zero-order valence-corrected chi connectivity index (χ0v) is 17.7. The molecule has 32 heavy (non-hydrogen) atoms. The molecule has 172 valence electrons. The van der Waals surface area contributed by atoms with Crippen LogP contribution in [0, 0.1) is 23.4 Å². The smallest absolute Gasteiger partial charge is 0.306 e. The Labute approximate surface area is 183 Å². The third-order valence-corrected chi connectivity index (χ3v) is 5.73. The van der Waals surface area contributed by atoms with E-state index in [4.69, 9.17) is 0 Å². The van der Waals surface area contributed by atoms with Crippen molar-refractivity contribution in [1.29, 1.82) is 0 Å². The molecule has 1 aliphatic heterocycles. The average molecular weight is 450 g/mol. The third-order valence-electron chi connectivity index (χ3n) is 5.73. The first-order valence-corrected chi connectivity index (χ1v) is 10.5. The van der Waals surface area contributed by atoms with E-state index >= 15 is 0 Å². The predicted octanol–water partition coefficient (Wildman–Crippen LogP) is 3.99. The fourth-order valence-electron chi connectivity index (χ4n) is 4.25. The molecule has 1 atom stereocenters. The van der Waals surface area contributed by atoms with Crippen molar-refractivity contribution in [2.75, 3.05) is 20.9 Å². The van der Waals surface area contributed by atoms with Crippen LogP contribution in [0.25, 0.3) is 0 Å². The number of carbonyl (C=O) groups is 1. The van der Waals surface area contributed by atoms with Crippen molar-refractivity contribution < 1.29 is 23.1 Å². The van der Waals surface area contributed by atoms with Crippen LogP contribution in [0.2, 0.25) is 0 Å². The van der Waals surface area contributed by atoms with Gasteiger partial charge in [0.2, 0.25) is 5.95 Å². The molecule has 2 aliphatic rings. The summed E-state index contributed by atoms with van der Waals surface area (Å²) in [6.07, 6.45) is 2.92. The molecule has 1 aliphatic carbocycles. The molecule has 2 heterocycles. The number of carboxylic acid groups (broad SMARTS) is 1. The van der Waals surface area contributed by atoms with Crippen LogP contribution in [0.1, 0.15) is 39.5 Å². The maximum atomic E-state index is 14.3. The summed E-state index contributed by atoms with van der Waals surface area (Å²) in [7, 11) is 0. The van der Waals surface area contributed by atoms with Gasteiger partial charge < -0.3 is 26.0 Å². The molecule has 0 radical (unpaired) electrons. The lowest BCUT2D eigenvalue weighted by Crippen LogP contribution is -2.50. The topological polar surface area (TPSA) is 102 Å². The van der Waals surface area contributed by atoms with Crippen LogP contribution < -0.4 is 20.9 Å². The van der Waals surface area contributed by atoms with Crippen molar-refractivity contribution in [3.63, 3.8) is 0 Å². The fraction of sp³-hybridized carbons (Fsp3) is 0.476. The number of aliphatic carboxylic acids is 1. The molecule has 11 heteroatoms. The number of hydrogen-bond donors (Lipinski definition) is 4. The van der Waals surface area contributed by atoms with E-state index in [2.05, 4.69) is 25.9 Å². The highest BCUT2D eigenvalue weighted by Gasteiger charge is 2.39. The van der Waals surface area contributed by atoms with Gasteiger partial charge in [0.15, 0.2) is 23.7 Å². The van der Waals surface area contributed by atoms with Crippen LogP contribution in [-0.2, 0) is 4.79 Å². The number of nitrogens with one attached hydrogen (secondary N) is 3. The van der Waals surface area contributed by atoms with E-state index in [1.165, 1.54) is 0 Å². The van der Waals surface area contributed by atoms with E-state index < -0.39 is 41.3 Å². The SMILES string of the molecule is CC(C)Nc1ncc2c(n1)N(C1CCC(C(=O)O)CC1)C(Nc1c(F)cc(F)cc1F)N2. The highest BCUT2D eigenvalue weighted by molar-refractivity contribution is 5.75. The number of fused-ring (bicyclic) bond motifs is 1. The Morgan fingerprint density at radius 1 is 1.19 bits per heavy atom. The van der Waals surface area contributed by atoms with Crippen molar-refractivity contribution in [2.24, 2.45) is 5.92 Å². The van der Waals surface area contributed by atoms with Crippen molar-refractivity contribution in [3.8, 4) is 0 Å². The Morgan fingerprint density at radius 3 is 2.44 bits per heavy atom.